The second kappa shape index (κ2) is 8.91. The molecule has 164 valence electrons. The Hall–Kier alpha value is -2.81. The van der Waals surface area contributed by atoms with Crippen LogP contribution in [0.4, 0.5) is 10.5 Å². The van der Waals surface area contributed by atoms with Crippen LogP contribution in [0.3, 0.4) is 0 Å². The van der Waals surface area contributed by atoms with Crippen LogP contribution in [-0.4, -0.2) is 91.0 Å². The van der Waals surface area contributed by atoms with E-state index >= 15 is 0 Å². The summed E-state index contributed by atoms with van der Waals surface area (Å²) >= 11 is 0. The first-order valence-electron chi connectivity index (χ1n) is 10.3. The van der Waals surface area contributed by atoms with Crippen molar-refractivity contribution in [1.29, 1.82) is 0 Å². The number of amides is 4. The third-order valence-corrected chi connectivity index (χ3v) is 6.04. The smallest absolute Gasteiger partial charge is 0.322 e. The number of carbonyl (C=O) groups is 3. The molecule has 3 rings (SSSR count). The van der Waals surface area contributed by atoms with Crippen LogP contribution in [0.15, 0.2) is 18.2 Å². The highest BCUT2D eigenvalue weighted by Crippen LogP contribution is 2.28. The molecule has 2 aliphatic rings. The molecule has 0 aliphatic carbocycles. The number of ether oxygens (including phenoxy) is 1. The van der Waals surface area contributed by atoms with Gasteiger partial charge in [-0.15, -0.1) is 0 Å². The maximum Gasteiger partial charge on any atom is 0.322 e. The molecule has 2 fully saturated rings. The molecule has 30 heavy (non-hydrogen) atoms. The van der Waals surface area contributed by atoms with Gasteiger partial charge in [0, 0.05) is 37.8 Å². The van der Waals surface area contributed by atoms with Gasteiger partial charge in [0.25, 0.3) is 5.91 Å². The molecule has 0 aromatic heterocycles. The van der Waals surface area contributed by atoms with Gasteiger partial charge in [-0.05, 0) is 46.0 Å². The molecule has 3 atom stereocenters. The third kappa shape index (κ3) is 4.35. The van der Waals surface area contributed by atoms with Crippen molar-refractivity contribution in [3.8, 4) is 5.75 Å². The van der Waals surface area contributed by atoms with E-state index in [1.165, 1.54) is 12.0 Å². The average molecular weight is 418 g/mol. The lowest BCUT2D eigenvalue weighted by Crippen LogP contribution is -2.64. The number of urea groups is 1. The van der Waals surface area contributed by atoms with E-state index < -0.39 is 12.1 Å². The van der Waals surface area contributed by atoms with Gasteiger partial charge in [0.1, 0.15) is 11.8 Å². The van der Waals surface area contributed by atoms with Gasteiger partial charge in [-0.3, -0.25) is 9.59 Å². The summed E-state index contributed by atoms with van der Waals surface area (Å²) in [6, 6.07) is 3.68. The van der Waals surface area contributed by atoms with Gasteiger partial charge in [0.15, 0.2) is 0 Å². The molecule has 9 heteroatoms. The monoisotopic (exact) mass is 417 g/mol. The Morgan fingerprint density at radius 1 is 1.13 bits per heavy atom. The second-order valence-electron chi connectivity index (χ2n) is 8.06. The van der Waals surface area contributed by atoms with E-state index in [0.29, 0.717) is 30.1 Å². The van der Waals surface area contributed by atoms with Crippen molar-refractivity contribution in [2.45, 2.75) is 38.9 Å². The van der Waals surface area contributed by atoms with Gasteiger partial charge in [0.05, 0.1) is 18.8 Å². The second-order valence-corrected chi connectivity index (χ2v) is 8.06. The molecule has 2 aliphatic heterocycles. The highest BCUT2D eigenvalue weighted by molar-refractivity contribution is 5.99. The minimum atomic E-state index is -0.600. The number of rotatable bonds is 3. The Kier molecular flexibility index (Phi) is 6.50. The van der Waals surface area contributed by atoms with Crippen LogP contribution in [0.1, 0.15) is 31.1 Å². The van der Waals surface area contributed by atoms with E-state index in [0.717, 1.165) is 13.1 Å². The molecule has 0 radical (unpaired) electrons. The van der Waals surface area contributed by atoms with Crippen molar-refractivity contribution < 1.29 is 19.1 Å². The van der Waals surface area contributed by atoms with Gasteiger partial charge in [-0.25, -0.2) is 4.79 Å². The number of likely N-dealkylation sites (N-methyl/N-ethyl adjacent to an activating group) is 1. The summed E-state index contributed by atoms with van der Waals surface area (Å²) < 4.78 is 5.38. The van der Waals surface area contributed by atoms with Crippen LogP contribution in [0.2, 0.25) is 0 Å². The molecule has 2 saturated heterocycles. The Labute approximate surface area is 177 Å². The summed E-state index contributed by atoms with van der Waals surface area (Å²) in [4.78, 5) is 43.7. The summed E-state index contributed by atoms with van der Waals surface area (Å²) in [5.41, 5.74) is 0.891. The molecule has 3 unspecified atom stereocenters. The number of piperazine rings is 2. The summed E-state index contributed by atoms with van der Waals surface area (Å²) in [7, 11) is 3.54. The number of hydrogen-bond donors (Lipinski definition) is 2. The van der Waals surface area contributed by atoms with E-state index in [4.69, 9.17) is 4.74 Å². The van der Waals surface area contributed by atoms with Gasteiger partial charge in [-0.2, -0.15) is 0 Å². The minimum absolute atomic E-state index is 0.0750. The zero-order valence-corrected chi connectivity index (χ0v) is 18.3. The van der Waals surface area contributed by atoms with Crippen molar-refractivity contribution in [2.75, 3.05) is 45.7 Å². The molecular formula is C21H31N5O4. The fraction of sp³-hybridized carbons (Fsp3) is 0.571. The lowest BCUT2D eigenvalue weighted by atomic mass is 10.0. The number of hydrogen-bond acceptors (Lipinski definition) is 5. The van der Waals surface area contributed by atoms with Crippen LogP contribution >= 0.6 is 0 Å². The predicted molar refractivity (Wildman–Crippen MR) is 114 cm³/mol. The van der Waals surface area contributed by atoms with Crippen LogP contribution in [-0.2, 0) is 4.79 Å². The Morgan fingerprint density at radius 3 is 2.43 bits per heavy atom. The zero-order valence-electron chi connectivity index (χ0n) is 18.3. The third-order valence-electron chi connectivity index (χ3n) is 6.04. The highest BCUT2D eigenvalue weighted by Gasteiger charge is 2.38. The van der Waals surface area contributed by atoms with Crippen LogP contribution < -0.4 is 15.4 Å². The van der Waals surface area contributed by atoms with Gasteiger partial charge < -0.3 is 30.1 Å². The van der Waals surface area contributed by atoms with Gasteiger partial charge in [-0.1, -0.05) is 0 Å². The summed E-state index contributed by atoms with van der Waals surface area (Å²) in [5, 5.41) is 5.72. The van der Waals surface area contributed by atoms with E-state index in [-0.39, 0.29) is 23.9 Å². The number of benzene rings is 1. The summed E-state index contributed by atoms with van der Waals surface area (Å²) in [5.74, 6) is 0.184. The molecule has 2 heterocycles. The number of anilines is 1. The molecule has 4 amide bonds. The SMILES string of the molecule is COc1ccc(C(=O)N2CCN(C)CC2)cc1NC(=O)N1C(C)C(=O)NC(C)C1C. The standard InChI is InChI=1S/C21H31N5O4/c1-13-14(2)26(15(3)19(27)22-13)21(29)23-17-12-16(6-7-18(17)30-5)20(28)25-10-8-24(4)9-11-25/h6-7,12-15H,8-11H2,1-5H3,(H,22,27)(H,23,29). The van der Waals surface area contributed by atoms with Crippen molar-refractivity contribution in [2.24, 2.45) is 0 Å². The molecule has 9 nitrogen and oxygen atoms in total. The number of carbonyl (C=O) groups excluding carboxylic acids is 3. The van der Waals surface area contributed by atoms with Crippen molar-refractivity contribution in [3.63, 3.8) is 0 Å². The van der Waals surface area contributed by atoms with E-state index in [1.54, 1.807) is 25.1 Å². The average Bonchev–Trinajstić information content (AvgIpc) is 2.72. The summed E-state index contributed by atoms with van der Waals surface area (Å²) in [6.45, 7) is 8.45. The quantitative estimate of drug-likeness (QED) is 0.771. The van der Waals surface area contributed by atoms with Crippen LogP contribution in [0, 0.1) is 0 Å². The van der Waals surface area contributed by atoms with Gasteiger partial charge >= 0.3 is 6.03 Å². The predicted octanol–water partition coefficient (Wildman–Crippen LogP) is 1.21. The summed E-state index contributed by atoms with van der Waals surface area (Å²) in [6.07, 6.45) is 0. The fourth-order valence-electron chi connectivity index (χ4n) is 3.86. The van der Waals surface area contributed by atoms with Crippen molar-refractivity contribution >= 4 is 23.5 Å². The largest absolute Gasteiger partial charge is 0.495 e. The first-order valence-corrected chi connectivity index (χ1v) is 10.3. The molecule has 1 aromatic rings. The van der Waals surface area contributed by atoms with E-state index in [9.17, 15) is 14.4 Å². The first-order chi connectivity index (χ1) is 14.2. The lowest BCUT2D eigenvalue weighted by molar-refractivity contribution is -0.129. The molecule has 2 N–H and O–H groups in total. The normalized spacial score (nSPS) is 25.0. The number of methoxy groups -OCH3 is 1. The van der Waals surface area contributed by atoms with E-state index in [1.807, 2.05) is 25.8 Å². The molecule has 0 spiro atoms. The Morgan fingerprint density at radius 2 is 1.80 bits per heavy atom. The molecule has 0 bridgehead atoms. The van der Waals surface area contributed by atoms with Crippen molar-refractivity contribution in [1.82, 2.24) is 20.0 Å². The van der Waals surface area contributed by atoms with E-state index in [2.05, 4.69) is 15.5 Å². The maximum atomic E-state index is 13.0. The van der Waals surface area contributed by atoms with Crippen molar-refractivity contribution in [3.05, 3.63) is 23.8 Å². The van der Waals surface area contributed by atoms with Crippen LogP contribution in [0.5, 0.6) is 5.75 Å². The van der Waals surface area contributed by atoms with Gasteiger partial charge in [0.2, 0.25) is 5.91 Å². The minimum Gasteiger partial charge on any atom is -0.495 e. The highest BCUT2D eigenvalue weighted by atomic mass is 16.5. The first kappa shape index (κ1) is 21.9. The topological polar surface area (TPSA) is 94.2 Å². The lowest BCUT2D eigenvalue weighted by Gasteiger charge is -2.42. The van der Waals surface area contributed by atoms with Crippen LogP contribution in [0.25, 0.3) is 0 Å². The number of nitrogens with zero attached hydrogens (tertiary/aromatic N) is 3. The Bertz CT molecular complexity index is 822. The molecular weight excluding hydrogens is 386 g/mol. The fourth-order valence-corrected chi connectivity index (χ4v) is 3.86. The molecule has 1 aromatic carbocycles. The molecule has 0 saturated carbocycles. The zero-order chi connectivity index (χ0) is 22.0. The number of nitrogens with one attached hydrogen (secondary N) is 2. The maximum absolute atomic E-state index is 13.0. The Balaban J connectivity index is 1.81.